The average molecular weight is 834 g/mol. The molecule has 13 heteroatoms. The fourth-order valence-corrected chi connectivity index (χ4v) is 9.11. The van der Waals surface area contributed by atoms with E-state index in [0.29, 0.717) is 30.9 Å². The van der Waals surface area contributed by atoms with Crippen molar-refractivity contribution in [1.29, 1.82) is 0 Å². The van der Waals surface area contributed by atoms with Crippen LogP contribution in [-0.2, 0) is 25.5 Å². The molecular formula is C49H51N7O6. The number of nitrogens with zero attached hydrogens (tertiary/aromatic N) is 4. The van der Waals surface area contributed by atoms with Crippen molar-refractivity contribution in [2.75, 3.05) is 27.3 Å². The molecule has 3 N–H and O–H groups in total. The number of amides is 4. The van der Waals surface area contributed by atoms with Gasteiger partial charge in [-0.2, -0.15) is 0 Å². The van der Waals surface area contributed by atoms with Crippen LogP contribution in [0.15, 0.2) is 90.1 Å². The molecule has 4 amide bonds. The second kappa shape index (κ2) is 18.0. The lowest BCUT2D eigenvalue weighted by Crippen LogP contribution is -2.53. The van der Waals surface area contributed by atoms with E-state index in [-0.39, 0.29) is 29.8 Å². The third-order valence-corrected chi connectivity index (χ3v) is 12.2. The van der Waals surface area contributed by atoms with Gasteiger partial charge < -0.3 is 34.9 Å². The van der Waals surface area contributed by atoms with Crippen LogP contribution in [0.4, 0.5) is 15.3 Å². The van der Waals surface area contributed by atoms with Crippen molar-refractivity contribution in [2.24, 2.45) is 10.9 Å². The molecule has 318 valence electrons. The highest BCUT2D eigenvalue weighted by molar-refractivity contribution is 6.06. The minimum atomic E-state index is -0.898. The SMILES string of the molecule is CC#Cc1cc(-c2cnc([C@@H]3CCCN3C(=O)[C@H](NC(=O)OC)c3ccccc3)[nH]2)ccc1-c1ccc2c3c(ccc2c1)N=C([C@@H]1CCCN1C(=O)[C@@H](NC(=O)OC)C(C)C)C3. The van der Waals surface area contributed by atoms with Crippen LogP contribution < -0.4 is 10.6 Å². The van der Waals surface area contributed by atoms with Gasteiger partial charge in [-0.15, -0.1) is 5.92 Å². The third-order valence-electron chi connectivity index (χ3n) is 12.2. The summed E-state index contributed by atoms with van der Waals surface area (Å²) in [7, 11) is 2.58. The van der Waals surface area contributed by atoms with E-state index in [4.69, 9.17) is 19.5 Å². The Morgan fingerprint density at radius 2 is 1.53 bits per heavy atom. The summed E-state index contributed by atoms with van der Waals surface area (Å²) >= 11 is 0. The molecule has 3 aliphatic heterocycles. The van der Waals surface area contributed by atoms with E-state index in [0.717, 1.165) is 81.4 Å². The number of H-pyrrole nitrogens is 1. The lowest BCUT2D eigenvalue weighted by molar-refractivity contribution is -0.135. The van der Waals surface area contributed by atoms with E-state index in [1.54, 1.807) is 11.1 Å². The molecule has 8 rings (SSSR count). The van der Waals surface area contributed by atoms with Crippen molar-refractivity contribution in [2.45, 2.75) is 77.0 Å². The molecule has 4 atom stereocenters. The van der Waals surface area contributed by atoms with Gasteiger partial charge in [-0.05, 0) is 89.8 Å². The van der Waals surface area contributed by atoms with Crippen LogP contribution in [0.25, 0.3) is 33.2 Å². The molecule has 2 fully saturated rings. The lowest BCUT2D eigenvalue weighted by atomic mass is 9.92. The summed E-state index contributed by atoms with van der Waals surface area (Å²) < 4.78 is 9.66. The van der Waals surface area contributed by atoms with Crippen molar-refractivity contribution in [3.05, 3.63) is 108 Å². The van der Waals surface area contributed by atoms with Gasteiger partial charge in [0, 0.05) is 36.3 Å². The summed E-state index contributed by atoms with van der Waals surface area (Å²) in [5, 5.41) is 7.67. The minimum absolute atomic E-state index is 0.104. The Hall–Kier alpha value is -6.94. The maximum absolute atomic E-state index is 14.0. The number of hydrogen-bond donors (Lipinski definition) is 3. The Bertz CT molecular complexity index is 2630. The number of methoxy groups -OCH3 is 2. The van der Waals surface area contributed by atoms with Crippen molar-refractivity contribution >= 4 is 46.2 Å². The lowest BCUT2D eigenvalue weighted by Gasteiger charge is -2.30. The van der Waals surface area contributed by atoms with Gasteiger partial charge in [-0.25, -0.2) is 14.6 Å². The zero-order chi connectivity index (χ0) is 43.5. The molecule has 0 spiro atoms. The van der Waals surface area contributed by atoms with Gasteiger partial charge in [-0.3, -0.25) is 14.6 Å². The van der Waals surface area contributed by atoms with Crippen LogP contribution in [-0.4, -0.2) is 88.9 Å². The van der Waals surface area contributed by atoms with E-state index in [1.807, 2.05) is 56.0 Å². The van der Waals surface area contributed by atoms with Crippen molar-refractivity contribution in [3.63, 3.8) is 0 Å². The maximum Gasteiger partial charge on any atom is 0.407 e. The first kappa shape index (κ1) is 41.8. The molecule has 4 aromatic carbocycles. The molecule has 0 unspecified atom stereocenters. The molecule has 3 aliphatic rings. The number of benzene rings is 4. The summed E-state index contributed by atoms with van der Waals surface area (Å²) in [5.41, 5.74) is 8.34. The Morgan fingerprint density at radius 3 is 2.26 bits per heavy atom. The van der Waals surface area contributed by atoms with Crippen LogP contribution in [0.1, 0.15) is 81.1 Å². The summed E-state index contributed by atoms with van der Waals surface area (Å²) in [6.45, 7) is 6.82. The number of carbonyl (C=O) groups excluding carboxylic acids is 4. The normalized spacial score (nSPS) is 17.8. The summed E-state index contributed by atoms with van der Waals surface area (Å²) in [5.74, 6) is 6.66. The van der Waals surface area contributed by atoms with Gasteiger partial charge in [0.15, 0.2) is 0 Å². The second-order valence-electron chi connectivity index (χ2n) is 16.3. The summed E-state index contributed by atoms with van der Waals surface area (Å²) in [6, 6.07) is 24.0. The van der Waals surface area contributed by atoms with Crippen molar-refractivity contribution in [3.8, 4) is 34.2 Å². The number of alkyl carbamates (subject to hydrolysis) is 2. The van der Waals surface area contributed by atoms with Gasteiger partial charge in [-0.1, -0.05) is 80.4 Å². The molecular weight excluding hydrogens is 783 g/mol. The summed E-state index contributed by atoms with van der Waals surface area (Å²) in [6.07, 6.45) is 4.38. The molecule has 0 aliphatic carbocycles. The Kier molecular flexibility index (Phi) is 12.1. The predicted octanol–water partition coefficient (Wildman–Crippen LogP) is 8.03. The van der Waals surface area contributed by atoms with E-state index < -0.39 is 24.3 Å². The number of rotatable bonds is 10. The van der Waals surface area contributed by atoms with E-state index >= 15 is 0 Å². The minimum Gasteiger partial charge on any atom is -0.453 e. The Balaban J connectivity index is 1.01. The number of fused-ring (bicyclic) bond motifs is 3. The predicted molar refractivity (Wildman–Crippen MR) is 238 cm³/mol. The topological polar surface area (TPSA) is 158 Å². The zero-order valence-electron chi connectivity index (χ0n) is 35.7. The fraction of sp³-hybridized carbons (Fsp3) is 0.347. The second-order valence-corrected chi connectivity index (χ2v) is 16.3. The van der Waals surface area contributed by atoms with Gasteiger partial charge in [0.05, 0.1) is 43.9 Å². The standard InChI is InChI=1S/C49H51N7O6/c1-6-12-31-26-34(40-28-50-45(52-40)42-16-11-24-56(42)47(58)44(54-49(60)62-5)30-13-8-7-9-14-30)18-20-35(31)32-17-21-36-33(25-32)19-22-38-37(36)27-39(51-38)41-15-10-23-55(41)46(57)43(29(2)3)53-48(59)61-4/h7-9,13-14,17-22,25-26,28-29,41-44H,10-11,15-16,23-24,27H2,1-5H3,(H,50,52)(H,53,59)(H,54,60)/t41-,42-,43-,44+/m0/s1. The van der Waals surface area contributed by atoms with Gasteiger partial charge in [0.1, 0.15) is 17.9 Å². The number of imidazole rings is 1. The van der Waals surface area contributed by atoms with Gasteiger partial charge >= 0.3 is 12.2 Å². The van der Waals surface area contributed by atoms with Crippen LogP contribution in [0.5, 0.6) is 0 Å². The molecule has 2 saturated heterocycles. The quantitative estimate of drug-likeness (QED) is 0.120. The number of aromatic amines is 1. The fourth-order valence-electron chi connectivity index (χ4n) is 9.11. The first-order valence-corrected chi connectivity index (χ1v) is 21.2. The van der Waals surface area contributed by atoms with Crippen LogP contribution in [0.3, 0.4) is 0 Å². The number of carbonyl (C=O) groups is 4. The van der Waals surface area contributed by atoms with Crippen molar-refractivity contribution in [1.82, 2.24) is 30.4 Å². The Morgan fingerprint density at radius 1 is 0.823 bits per heavy atom. The molecule has 1 aromatic heterocycles. The third kappa shape index (κ3) is 8.25. The number of likely N-dealkylation sites (tertiary alicyclic amines) is 2. The average Bonchev–Trinajstić information content (AvgIpc) is 4.13. The maximum atomic E-state index is 14.0. The molecule has 4 heterocycles. The highest BCUT2D eigenvalue weighted by Crippen LogP contribution is 2.39. The number of nitrogens with one attached hydrogen (secondary N) is 3. The smallest absolute Gasteiger partial charge is 0.407 e. The molecule has 62 heavy (non-hydrogen) atoms. The first-order valence-electron chi connectivity index (χ1n) is 21.2. The van der Waals surface area contributed by atoms with Crippen LogP contribution >= 0.6 is 0 Å². The molecule has 0 bridgehead atoms. The number of aliphatic imine (C=N–C) groups is 1. The van der Waals surface area contributed by atoms with Crippen LogP contribution in [0.2, 0.25) is 0 Å². The van der Waals surface area contributed by atoms with E-state index in [9.17, 15) is 19.2 Å². The highest BCUT2D eigenvalue weighted by Gasteiger charge is 2.40. The first-order chi connectivity index (χ1) is 30.1. The molecule has 0 radical (unpaired) electrons. The molecule has 0 saturated carbocycles. The number of ether oxygens (including phenoxy) is 2. The Labute approximate surface area is 361 Å². The molecule has 5 aromatic rings. The van der Waals surface area contributed by atoms with Crippen LogP contribution in [0, 0.1) is 17.8 Å². The number of hydrogen-bond acceptors (Lipinski definition) is 8. The van der Waals surface area contributed by atoms with Crippen molar-refractivity contribution < 1.29 is 28.7 Å². The molecule has 13 nitrogen and oxygen atoms in total. The highest BCUT2D eigenvalue weighted by atomic mass is 16.5. The largest absolute Gasteiger partial charge is 0.453 e. The number of aromatic nitrogens is 2. The van der Waals surface area contributed by atoms with Gasteiger partial charge in [0.25, 0.3) is 5.91 Å². The van der Waals surface area contributed by atoms with E-state index in [2.05, 4.69) is 76.0 Å². The van der Waals surface area contributed by atoms with E-state index in [1.165, 1.54) is 14.2 Å². The monoisotopic (exact) mass is 833 g/mol. The summed E-state index contributed by atoms with van der Waals surface area (Å²) in [4.78, 5) is 69.2. The van der Waals surface area contributed by atoms with Gasteiger partial charge in [0.2, 0.25) is 5.91 Å². The zero-order valence-corrected chi connectivity index (χ0v) is 35.7.